The van der Waals surface area contributed by atoms with Crippen molar-refractivity contribution in [3.05, 3.63) is 0 Å². The van der Waals surface area contributed by atoms with Crippen LogP contribution in [0.3, 0.4) is 0 Å². The summed E-state index contributed by atoms with van der Waals surface area (Å²) in [5, 5.41) is 8.24. The number of aliphatic hydroxyl groups excluding tert-OH is 1. The first-order valence-electron chi connectivity index (χ1n) is 2.76. The van der Waals surface area contributed by atoms with Gasteiger partial charge in [-0.3, -0.25) is 0 Å². The fraction of sp³-hybridized carbons (Fsp3) is 1.00. The molecule has 0 spiro atoms. The SMILES string of the molecule is C[Si](O)(O)OCCCO. The molecule has 4 nitrogen and oxygen atoms in total. The minimum absolute atomic E-state index is 0.0183. The Kier molecular flexibility index (Phi) is 3.99. The van der Waals surface area contributed by atoms with E-state index >= 15 is 0 Å². The molecule has 0 aromatic carbocycles. The maximum atomic E-state index is 8.63. The number of hydrogen-bond acceptors (Lipinski definition) is 4. The second-order valence-corrected chi connectivity index (χ2v) is 4.02. The van der Waals surface area contributed by atoms with Gasteiger partial charge in [-0.2, -0.15) is 0 Å². The molecule has 0 heterocycles. The Morgan fingerprint density at radius 2 is 2.00 bits per heavy atom. The fourth-order valence-electron chi connectivity index (χ4n) is 0.330. The van der Waals surface area contributed by atoms with Crippen LogP contribution in [0.1, 0.15) is 6.42 Å². The standard InChI is InChI=1S/C4H12O4Si/c1-9(6,7)8-4-2-3-5/h5-7H,2-4H2,1H3. The molecule has 0 aliphatic carbocycles. The maximum Gasteiger partial charge on any atom is 0.492 e. The van der Waals surface area contributed by atoms with Gasteiger partial charge in [0.15, 0.2) is 0 Å². The Morgan fingerprint density at radius 1 is 1.44 bits per heavy atom. The Balaban J connectivity index is 3.07. The summed E-state index contributed by atoms with van der Waals surface area (Å²) in [7, 11) is -3.31. The molecule has 0 fully saturated rings. The Hall–Kier alpha value is 0.0569. The molecule has 0 saturated carbocycles. The van der Waals surface area contributed by atoms with Crippen LogP contribution in [0.15, 0.2) is 0 Å². The van der Waals surface area contributed by atoms with Crippen LogP contribution in [-0.4, -0.2) is 36.7 Å². The van der Waals surface area contributed by atoms with Gasteiger partial charge in [-0.25, -0.2) is 0 Å². The summed E-state index contributed by atoms with van der Waals surface area (Å²) in [5.74, 6) is 0. The molecule has 0 rings (SSSR count). The third kappa shape index (κ3) is 8.06. The van der Waals surface area contributed by atoms with Crippen molar-refractivity contribution >= 4 is 8.80 Å². The van der Waals surface area contributed by atoms with E-state index in [1.807, 2.05) is 0 Å². The molecule has 0 aliphatic rings. The highest BCUT2D eigenvalue weighted by molar-refractivity contribution is 6.56. The van der Waals surface area contributed by atoms with Crippen LogP contribution in [0.25, 0.3) is 0 Å². The van der Waals surface area contributed by atoms with Crippen LogP contribution >= 0.6 is 0 Å². The summed E-state index contributed by atoms with van der Waals surface area (Å²) in [4.78, 5) is 17.3. The van der Waals surface area contributed by atoms with E-state index in [0.29, 0.717) is 6.42 Å². The lowest BCUT2D eigenvalue weighted by molar-refractivity contribution is 0.140. The fourth-order valence-corrected chi connectivity index (χ4v) is 0.861. The zero-order valence-electron chi connectivity index (χ0n) is 5.37. The van der Waals surface area contributed by atoms with E-state index in [1.54, 1.807) is 0 Å². The van der Waals surface area contributed by atoms with Gasteiger partial charge >= 0.3 is 8.80 Å². The van der Waals surface area contributed by atoms with Gasteiger partial charge in [0.05, 0.1) is 0 Å². The molecule has 5 heteroatoms. The van der Waals surface area contributed by atoms with Crippen LogP contribution in [0.5, 0.6) is 0 Å². The molecule has 0 atom stereocenters. The Morgan fingerprint density at radius 3 is 2.33 bits per heavy atom. The second-order valence-electron chi connectivity index (χ2n) is 1.86. The van der Waals surface area contributed by atoms with E-state index < -0.39 is 8.80 Å². The van der Waals surface area contributed by atoms with E-state index in [2.05, 4.69) is 4.43 Å². The summed E-state index contributed by atoms with van der Waals surface area (Å²) >= 11 is 0. The molecule has 9 heavy (non-hydrogen) atoms. The average molecular weight is 152 g/mol. The zero-order chi connectivity index (χ0) is 7.33. The van der Waals surface area contributed by atoms with Crippen molar-refractivity contribution < 1.29 is 19.1 Å². The van der Waals surface area contributed by atoms with Gasteiger partial charge in [0.1, 0.15) is 0 Å². The molecule has 3 N–H and O–H groups in total. The highest BCUT2D eigenvalue weighted by atomic mass is 28.4. The van der Waals surface area contributed by atoms with Crippen LogP contribution in [0.2, 0.25) is 6.55 Å². The third-order valence-corrected chi connectivity index (χ3v) is 1.43. The lowest BCUT2D eigenvalue weighted by Gasteiger charge is -2.10. The maximum absolute atomic E-state index is 8.63. The van der Waals surface area contributed by atoms with Crippen molar-refractivity contribution in [3.8, 4) is 0 Å². The van der Waals surface area contributed by atoms with Gasteiger partial charge in [0, 0.05) is 19.8 Å². The van der Waals surface area contributed by atoms with Crippen LogP contribution < -0.4 is 0 Å². The molecule has 0 unspecified atom stereocenters. The van der Waals surface area contributed by atoms with Crippen LogP contribution in [-0.2, 0) is 4.43 Å². The molecule has 0 bridgehead atoms. The minimum Gasteiger partial charge on any atom is -0.396 e. The van der Waals surface area contributed by atoms with Gasteiger partial charge in [0.2, 0.25) is 0 Å². The summed E-state index contributed by atoms with van der Waals surface area (Å²) in [5.41, 5.74) is 0. The van der Waals surface area contributed by atoms with Crippen molar-refractivity contribution in [2.24, 2.45) is 0 Å². The summed E-state index contributed by atoms with van der Waals surface area (Å²) in [6, 6.07) is 0. The van der Waals surface area contributed by atoms with E-state index in [9.17, 15) is 0 Å². The molecule has 0 aromatic heterocycles. The number of aliphatic hydroxyl groups is 1. The van der Waals surface area contributed by atoms with Crippen molar-refractivity contribution in [3.63, 3.8) is 0 Å². The molecular weight excluding hydrogens is 140 g/mol. The van der Waals surface area contributed by atoms with Crippen molar-refractivity contribution in [1.82, 2.24) is 0 Å². The van der Waals surface area contributed by atoms with E-state index in [4.69, 9.17) is 14.7 Å². The van der Waals surface area contributed by atoms with Crippen LogP contribution in [0.4, 0.5) is 0 Å². The summed E-state index contributed by atoms with van der Waals surface area (Å²) in [6.45, 7) is 1.49. The van der Waals surface area contributed by atoms with Crippen molar-refractivity contribution in [2.45, 2.75) is 13.0 Å². The van der Waals surface area contributed by atoms with E-state index in [-0.39, 0.29) is 13.2 Å². The minimum atomic E-state index is -3.31. The topological polar surface area (TPSA) is 69.9 Å². The van der Waals surface area contributed by atoms with Gasteiger partial charge in [-0.1, -0.05) is 0 Å². The van der Waals surface area contributed by atoms with Crippen LogP contribution in [0, 0.1) is 0 Å². The largest absolute Gasteiger partial charge is 0.492 e. The van der Waals surface area contributed by atoms with Gasteiger partial charge in [-0.15, -0.1) is 0 Å². The number of hydrogen-bond donors (Lipinski definition) is 3. The van der Waals surface area contributed by atoms with Gasteiger partial charge in [-0.05, 0) is 6.42 Å². The lowest BCUT2D eigenvalue weighted by atomic mass is 10.5. The smallest absolute Gasteiger partial charge is 0.396 e. The molecule has 0 saturated heterocycles. The predicted octanol–water partition coefficient (Wildman–Crippen LogP) is -1.06. The first kappa shape index (κ1) is 9.06. The predicted molar refractivity (Wildman–Crippen MR) is 33.7 cm³/mol. The number of rotatable bonds is 4. The molecule has 56 valence electrons. The Labute approximate surface area is 55.1 Å². The van der Waals surface area contributed by atoms with Gasteiger partial charge in [0.25, 0.3) is 0 Å². The quantitative estimate of drug-likeness (QED) is 0.355. The molecule has 0 amide bonds. The average Bonchev–Trinajstić information content (AvgIpc) is 1.63. The first-order valence-corrected chi connectivity index (χ1v) is 5.06. The lowest BCUT2D eigenvalue weighted by Crippen LogP contribution is -2.35. The van der Waals surface area contributed by atoms with Gasteiger partial charge < -0.3 is 19.1 Å². The summed E-state index contributed by atoms with van der Waals surface area (Å²) in [6.07, 6.45) is 0.448. The molecule has 0 radical (unpaired) electrons. The first-order chi connectivity index (χ1) is 4.06. The second kappa shape index (κ2) is 3.97. The molecule has 0 aromatic rings. The zero-order valence-corrected chi connectivity index (χ0v) is 6.37. The highest BCUT2D eigenvalue weighted by Crippen LogP contribution is 1.93. The van der Waals surface area contributed by atoms with E-state index in [1.165, 1.54) is 6.55 Å². The van der Waals surface area contributed by atoms with Crippen molar-refractivity contribution in [2.75, 3.05) is 13.2 Å². The highest BCUT2D eigenvalue weighted by Gasteiger charge is 2.22. The van der Waals surface area contributed by atoms with E-state index in [0.717, 1.165) is 0 Å². The molecular formula is C4H12O4Si. The third-order valence-electron chi connectivity index (χ3n) is 0.678. The normalized spacial score (nSPS) is 12.0. The summed E-state index contributed by atoms with van der Waals surface area (Å²) < 4.78 is 4.56. The molecule has 0 aliphatic heterocycles. The monoisotopic (exact) mass is 152 g/mol. The Bertz CT molecular complexity index is 69.5. The van der Waals surface area contributed by atoms with Crippen molar-refractivity contribution in [1.29, 1.82) is 0 Å².